The molecule has 0 amide bonds. The van der Waals surface area contributed by atoms with Gasteiger partial charge in [-0.3, -0.25) is 0 Å². The molecule has 2 heteroatoms. The van der Waals surface area contributed by atoms with Crippen molar-refractivity contribution >= 4 is 0 Å². The van der Waals surface area contributed by atoms with Gasteiger partial charge in [-0.2, -0.15) is 0 Å². The van der Waals surface area contributed by atoms with Crippen molar-refractivity contribution in [1.82, 2.24) is 5.32 Å². The first-order valence-electron chi connectivity index (χ1n) is 8.68. The summed E-state index contributed by atoms with van der Waals surface area (Å²) in [4.78, 5) is 0. The molecule has 0 saturated heterocycles. The molecule has 1 aliphatic rings. The molecule has 0 heterocycles. The second kappa shape index (κ2) is 9.22. The first kappa shape index (κ1) is 16.5. The third kappa shape index (κ3) is 4.82. The van der Waals surface area contributed by atoms with E-state index in [1.165, 1.54) is 50.5 Å². The zero-order chi connectivity index (χ0) is 14.9. The van der Waals surface area contributed by atoms with Crippen LogP contribution in [-0.4, -0.2) is 19.7 Å². The van der Waals surface area contributed by atoms with Gasteiger partial charge in [0, 0.05) is 13.2 Å². The number of nitrogens with one attached hydrogen (secondary N) is 1. The maximum Gasteiger partial charge on any atom is 0.0976 e. The highest BCUT2D eigenvalue weighted by Gasteiger charge is 2.30. The van der Waals surface area contributed by atoms with E-state index in [2.05, 4.69) is 42.6 Å². The zero-order valence-electron chi connectivity index (χ0n) is 13.7. The van der Waals surface area contributed by atoms with Gasteiger partial charge in [0.15, 0.2) is 0 Å². The highest BCUT2D eigenvalue weighted by Crippen LogP contribution is 2.33. The van der Waals surface area contributed by atoms with Gasteiger partial charge in [0.25, 0.3) is 0 Å². The summed E-state index contributed by atoms with van der Waals surface area (Å²) in [6, 6.07) is 11.2. The van der Waals surface area contributed by atoms with Gasteiger partial charge in [-0.15, -0.1) is 0 Å². The molecule has 0 bridgehead atoms. The first-order chi connectivity index (χ1) is 10.4. The van der Waals surface area contributed by atoms with Gasteiger partial charge < -0.3 is 10.1 Å². The maximum absolute atomic E-state index is 5.93. The van der Waals surface area contributed by atoms with E-state index in [0.29, 0.717) is 6.04 Å². The van der Waals surface area contributed by atoms with Crippen LogP contribution in [0.15, 0.2) is 30.3 Å². The van der Waals surface area contributed by atoms with Crippen molar-refractivity contribution in [3.63, 3.8) is 0 Å². The van der Waals surface area contributed by atoms with Crippen molar-refractivity contribution in [1.29, 1.82) is 0 Å². The average molecular weight is 289 g/mol. The molecule has 1 N–H and O–H groups in total. The summed E-state index contributed by atoms with van der Waals surface area (Å²) in [5, 5.41) is 3.79. The largest absolute Gasteiger partial charge is 0.375 e. The summed E-state index contributed by atoms with van der Waals surface area (Å²) in [5.74, 6) is 0.740. The standard InChI is InChI=1S/C19H31NO/c1-3-15-20-18(16-11-7-4-5-8-12-16)19(21-2)17-13-9-6-10-14-17/h6,9-10,13-14,16,18-20H,3-5,7-8,11-12,15H2,1-2H3. The maximum atomic E-state index is 5.93. The molecule has 1 aromatic rings. The molecule has 2 rings (SSSR count). The second-order valence-electron chi connectivity index (χ2n) is 6.30. The van der Waals surface area contributed by atoms with E-state index < -0.39 is 0 Å². The Hall–Kier alpha value is -0.860. The fraction of sp³-hybridized carbons (Fsp3) is 0.684. The van der Waals surface area contributed by atoms with Gasteiger partial charge in [0.1, 0.15) is 0 Å². The van der Waals surface area contributed by atoms with Crippen LogP contribution in [0.4, 0.5) is 0 Å². The summed E-state index contributed by atoms with van der Waals surface area (Å²) in [6.45, 7) is 3.31. The van der Waals surface area contributed by atoms with Crippen LogP contribution in [0, 0.1) is 5.92 Å². The van der Waals surface area contributed by atoms with E-state index in [9.17, 15) is 0 Å². The predicted octanol–water partition coefficient (Wildman–Crippen LogP) is 4.71. The van der Waals surface area contributed by atoms with Crippen molar-refractivity contribution in [3.8, 4) is 0 Å². The third-order valence-electron chi connectivity index (χ3n) is 4.75. The second-order valence-corrected chi connectivity index (χ2v) is 6.30. The quantitative estimate of drug-likeness (QED) is 0.734. The molecule has 0 spiro atoms. The topological polar surface area (TPSA) is 21.3 Å². The van der Waals surface area contributed by atoms with Crippen molar-refractivity contribution in [2.45, 2.75) is 64.0 Å². The molecular weight excluding hydrogens is 258 g/mol. The number of hydrogen-bond donors (Lipinski definition) is 1. The van der Waals surface area contributed by atoms with Crippen LogP contribution < -0.4 is 5.32 Å². The number of rotatable bonds is 7. The summed E-state index contributed by atoms with van der Waals surface area (Å²) in [6.07, 6.45) is 9.58. The minimum absolute atomic E-state index is 0.167. The minimum atomic E-state index is 0.167. The van der Waals surface area contributed by atoms with Crippen molar-refractivity contribution in [2.24, 2.45) is 5.92 Å². The van der Waals surface area contributed by atoms with Crippen molar-refractivity contribution in [2.75, 3.05) is 13.7 Å². The number of benzene rings is 1. The Morgan fingerprint density at radius 2 is 1.76 bits per heavy atom. The molecule has 2 nitrogen and oxygen atoms in total. The molecule has 2 unspecified atom stereocenters. The number of methoxy groups -OCH3 is 1. The molecule has 2 atom stereocenters. The van der Waals surface area contributed by atoms with E-state index in [1.54, 1.807) is 0 Å². The summed E-state index contributed by atoms with van der Waals surface area (Å²) >= 11 is 0. The normalized spacial score (nSPS) is 19.9. The van der Waals surface area contributed by atoms with Crippen molar-refractivity contribution < 1.29 is 4.74 Å². The van der Waals surface area contributed by atoms with Crippen LogP contribution in [-0.2, 0) is 4.74 Å². The van der Waals surface area contributed by atoms with Crippen LogP contribution in [0.1, 0.15) is 63.5 Å². The minimum Gasteiger partial charge on any atom is -0.375 e. The predicted molar refractivity (Wildman–Crippen MR) is 89.5 cm³/mol. The van der Waals surface area contributed by atoms with Gasteiger partial charge in [-0.25, -0.2) is 0 Å². The molecule has 118 valence electrons. The lowest BCUT2D eigenvalue weighted by atomic mass is 9.85. The third-order valence-corrected chi connectivity index (χ3v) is 4.75. The Morgan fingerprint density at radius 1 is 1.10 bits per heavy atom. The highest BCUT2D eigenvalue weighted by atomic mass is 16.5. The molecule has 1 fully saturated rings. The van der Waals surface area contributed by atoms with Crippen LogP contribution in [0.3, 0.4) is 0 Å². The fourth-order valence-electron chi connectivity index (χ4n) is 3.63. The average Bonchev–Trinajstić information content (AvgIpc) is 2.81. The molecule has 1 aliphatic carbocycles. The lowest BCUT2D eigenvalue weighted by molar-refractivity contribution is 0.0429. The van der Waals surface area contributed by atoms with E-state index in [0.717, 1.165) is 12.5 Å². The van der Waals surface area contributed by atoms with Crippen molar-refractivity contribution in [3.05, 3.63) is 35.9 Å². The number of ether oxygens (including phenoxy) is 1. The Bertz CT molecular complexity index is 370. The Labute approximate surface area is 130 Å². The van der Waals surface area contributed by atoms with Crippen LogP contribution in [0.5, 0.6) is 0 Å². The molecule has 0 aromatic heterocycles. The SMILES string of the molecule is CCCNC(C1CCCCCC1)C(OC)c1ccccc1. The van der Waals surface area contributed by atoms with Crippen LogP contribution >= 0.6 is 0 Å². The molecule has 1 saturated carbocycles. The lowest BCUT2D eigenvalue weighted by Gasteiger charge is -2.34. The molecule has 0 radical (unpaired) electrons. The van der Waals surface area contributed by atoms with Crippen LogP contribution in [0.2, 0.25) is 0 Å². The van der Waals surface area contributed by atoms with Gasteiger partial charge >= 0.3 is 0 Å². The van der Waals surface area contributed by atoms with Crippen LogP contribution in [0.25, 0.3) is 0 Å². The van der Waals surface area contributed by atoms with Gasteiger partial charge in [-0.05, 0) is 37.3 Å². The molecular formula is C19H31NO. The van der Waals surface area contributed by atoms with E-state index >= 15 is 0 Å². The molecule has 0 aliphatic heterocycles. The lowest BCUT2D eigenvalue weighted by Crippen LogP contribution is -2.42. The van der Waals surface area contributed by atoms with Gasteiger partial charge in [0.05, 0.1) is 6.10 Å². The van der Waals surface area contributed by atoms with E-state index in [-0.39, 0.29) is 6.10 Å². The zero-order valence-corrected chi connectivity index (χ0v) is 13.7. The van der Waals surface area contributed by atoms with Gasteiger partial charge in [-0.1, -0.05) is 62.9 Å². The molecule has 1 aromatic carbocycles. The summed E-state index contributed by atoms with van der Waals surface area (Å²) in [7, 11) is 1.86. The highest BCUT2D eigenvalue weighted by molar-refractivity contribution is 5.19. The molecule has 21 heavy (non-hydrogen) atoms. The van der Waals surface area contributed by atoms with E-state index in [1.807, 2.05) is 7.11 Å². The van der Waals surface area contributed by atoms with E-state index in [4.69, 9.17) is 4.74 Å². The Kier molecular flexibility index (Phi) is 7.25. The summed E-state index contributed by atoms with van der Waals surface area (Å²) in [5.41, 5.74) is 1.30. The smallest absolute Gasteiger partial charge is 0.0976 e. The van der Waals surface area contributed by atoms with Gasteiger partial charge in [0.2, 0.25) is 0 Å². The number of hydrogen-bond acceptors (Lipinski definition) is 2. The Balaban J connectivity index is 2.15. The first-order valence-corrected chi connectivity index (χ1v) is 8.68. The monoisotopic (exact) mass is 289 g/mol. The fourth-order valence-corrected chi connectivity index (χ4v) is 3.63. The summed E-state index contributed by atoms with van der Waals surface area (Å²) < 4.78 is 5.93. The Morgan fingerprint density at radius 3 is 2.33 bits per heavy atom.